The van der Waals surface area contributed by atoms with E-state index in [1.807, 2.05) is 24.3 Å². The van der Waals surface area contributed by atoms with E-state index in [-0.39, 0.29) is 23.3 Å². The van der Waals surface area contributed by atoms with Gasteiger partial charge in [0.2, 0.25) is 5.91 Å². The fraction of sp³-hybridized carbons (Fsp3) is 0.190. The first-order valence-corrected chi connectivity index (χ1v) is 9.88. The van der Waals surface area contributed by atoms with Gasteiger partial charge in [0.05, 0.1) is 0 Å². The van der Waals surface area contributed by atoms with Gasteiger partial charge in [-0.25, -0.2) is 9.37 Å². The van der Waals surface area contributed by atoms with E-state index in [0.717, 1.165) is 24.2 Å². The van der Waals surface area contributed by atoms with Gasteiger partial charge in [-0.05, 0) is 36.2 Å². The summed E-state index contributed by atoms with van der Waals surface area (Å²) in [5, 5.41) is 4.92. The molecule has 2 amide bonds. The molecule has 3 aromatic rings. The van der Waals surface area contributed by atoms with Crippen LogP contribution in [0.2, 0.25) is 0 Å². The molecule has 0 unspecified atom stereocenters. The number of carbonyl (C=O) groups excluding carboxylic acids is 2. The van der Waals surface area contributed by atoms with Crippen LogP contribution in [0.3, 0.4) is 0 Å². The van der Waals surface area contributed by atoms with E-state index in [0.29, 0.717) is 23.5 Å². The lowest BCUT2D eigenvalue weighted by molar-refractivity contribution is -0.117. The second kappa shape index (κ2) is 7.90. The monoisotopic (exact) mass is 395 g/mol. The highest BCUT2D eigenvalue weighted by Gasteiger charge is 2.21. The van der Waals surface area contributed by atoms with Crippen LogP contribution in [0.4, 0.5) is 10.1 Å². The molecule has 1 fully saturated rings. The van der Waals surface area contributed by atoms with Crippen LogP contribution in [0.15, 0.2) is 53.9 Å². The summed E-state index contributed by atoms with van der Waals surface area (Å²) in [6.45, 7) is 1.10. The maximum atomic E-state index is 13.9. The van der Waals surface area contributed by atoms with Gasteiger partial charge in [-0.15, -0.1) is 11.3 Å². The first-order chi connectivity index (χ1) is 13.6. The average Bonchev–Trinajstić information content (AvgIpc) is 3.36. The van der Waals surface area contributed by atoms with E-state index >= 15 is 0 Å². The Morgan fingerprint density at radius 2 is 1.96 bits per heavy atom. The molecule has 1 saturated heterocycles. The lowest BCUT2D eigenvalue weighted by Gasteiger charge is -2.16. The van der Waals surface area contributed by atoms with Crippen LogP contribution >= 0.6 is 11.3 Å². The van der Waals surface area contributed by atoms with Gasteiger partial charge >= 0.3 is 0 Å². The molecule has 1 N–H and O–H groups in total. The topological polar surface area (TPSA) is 62.3 Å². The molecule has 2 aromatic carbocycles. The quantitative estimate of drug-likeness (QED) is 0.710. The van der Waals surface area contributed by atoms with Crippen LogP contribution in [0, 0.1) is 5.82 Å². The number of nitrogens with one attached hydrogen (secondary N) is 1. The molecule has 7 heteroatoms. The van der Waals surface area contributed by atoms with E-state index in [2.05, 4.69) is 10.3 Å². The smallest absolute Gasteiger partial charge is 0.271 e. The van der Waals surface area contributed by atoms with E-state index in [1.54, 1.807) is 28.5 Å². The Kier molecular flexibility index (Phi) is 5.16. The standard InChI is InChI=1S/C21H18FN3O2S/c22-17-5-2-1-4-16(17)21-24-18(13-28-21)20(27)23-12-14-7-9-15(10-8-14)25-11-3-6-19(25)26/h1-2,4-5,7-10,13H,3,6,11-12H2,(H,23,27). The van der Waals surface area contributed by atoms with E-state index in [1.165, 1.54) is 17.4 Å². The minimum absolute atomic E-state index is 0.148. The van der Waals surface area contributed by atoms with Crippen LogP contribution in [-0.2, 0) is 11.3 Å². The van der Waals surface area contributed by atoms with Crippen molar-refractivity contribution in [1.29, 1.82) is 0 Å². The van der Waals surface area contributed by atoms with Crippen molar-refractivity contribution in [2.45, 2.75) is 19.4 Å². The molecule has 0 radical (unpaired) electrons. The van der Waals surface area contributed by atoms with E-state index in [4.69, 9.17) is 0 Å². The molecule has 4 rings (SSSR count). The number of hydrogen-bond acceptors (Lipinski definition) is 4. The Balaban J connectivity index is 1.38. The number of carbonyl (C=O) groups is 2. The van der Waals surface area contributed by atoms with Crippen molar-refractivity contribution in [3.8, 4) is 10.6 Å². The summed E-state index contributed by atoms with van der Waals surface area (Å²) in [5.41, 5.74) is 2.46. The highest BCUT2D eigenvalue weighted by molar-refractivity contribution is 7.13. The molecular formula is C21H18FN3O2S. The van der Waals surface area contributed by atoms with Crippen LogP contribution in [0.5, 0.6) is 0 Å². The second-order valence-corrected chi connectivity index (χ2v) is 7.37. The third kappa shape index (κ3) is 3.80. The predicted octanol–water partition coefficient (Wildman–Crippen LogP) is 4.01. The summed E-state index contributed by atoms with van der Waals surface area (Å²) in [6.07, 6.45) is 1.49. The first-order valence-electron chi connectivity index (χ1n) is 9.00. The minimum Gasteiger partial charge on any atom is -0.347 e. The van der Waals surface area contributed by atoms with Crippen LogP contribution in [0.1, 0.15) is 28.9 Å². The van der Waals surface area contributed by atoms with Gasteiger partial charge in [-0.2, -0.15) is 0 Å². The number of anilines is 1. The molecule has 142 valence electrons. The van der Waals surface area contributed by atoms with Crippen molar-refractivity contribution in [2.24, 2.45) is 0 Å². The number of halogens is 1. The van der Waals surface area contributed by atoms with Gasteiger partial charge in [-0.1, -0.05) is 24.3 Å². The molecule has 0 saturated carbocycles. The highest BCUT2D eigenvalue weighted by Crippen LogP contribution is 2.26. The van der Waals surface area contributed by atoms with Gasteiger partial charge in [0, 0.05) is 36.1 Å². The molecule has 0 spiro atoms. The Morgan fingerprint density at radius 3 is 2.68 bits per heavy atom. The molecular weight excluding hydrogens is 377 g/mol. The highest BCUT2D eigenvalue weighted by atomic mass is 32.1. The predicted molar refractivity (Wildman–Crippen MR) is 107 cm³/mol. The second-order valence-electron chi connectivity index (χ2n) is 6.52. The van der Waals surface area contributed by atoms with Crippen molar-refractivity contribution in [1.82, 2.24) is 10.3 Å². The number of hydrogen-bond donors (Lipinski definition) is 1. The maximum absolute atomic E-state index is 13.9. The summed E-state index contributed by atoms with van der Waals surface area (Å²) >= 11 is 1.23. The first kappa shape index (κ1) is 18.3. The molecule has 0 aliphatic carbocycles. The fourth-order valence-corrected chi connectivity index (χ4v) is 3.95. The zero-order chi connectivity index (χ0) is 19.5. The molecule has 5 nitrogen and oxygen atoms in total. The van der Waals surface area contributed by atoms with Gasteiger partial charge < -0.3 is 10.2 Å². The van der Waals surface area contributed by atoms with Crippen LogP contribution in [-0.4, -0.2) is 23.3 Å². The molecule has 28 heavy (non-hydrogen) atoms. The summed E-state index contributed by atoms with van der Waals surface area (Å²) in [7, 11) is 0. The normalized spacial score (nSPS) is 13.8. The number of amides is 2. The number of nitrogens with zero attached hydrogens (tertiary/aromatic N) is 2. The molecule has 1 aromatic heterocycles. The zero-order valence-corrected chi connectivity index (χ0v) is 15.8. The number of benzene rings is 2. The number of thiazole rings is 1. The SMILES string of the molecule is O=C(NCc1ccc(N2CCCC2=O)cc1)c1csc(-c2ccccc2F)n1. The van der Waals surface area contributed by atoms with Gasteiger partial charge in [0.15, 0.2) is 0 Å². The minimum atomic E-state index is -0.361. The average molecular weight is 395 g/mol. The van der Waals surface area contributed by atoms with Crippen LogP contribution < -0.4 is 10.2 Å². The van der Waals surface area contributed by atoms with Gasteiger partial charge in [-0.3, -0.25) is 9.59 Å². The van der Waals surface area contributed by atoms with E-state index in [9.17, 15) is 14.0 Å². The van der Waals surface area contributed by atoms with Gasteiger partial charge in [0.1, 0.15) is 16.5 Å². The third-order valence-electron chi connectivity index (χ3n) is 4.62. The summed E-state index contributed by atoms with van der Waals surface area (Å²) in [5.74, 6) is -0.520. The fourth-order valence-electron chi connectivity index (χ4n) is 3.12. The zero-order valence-electron chi connectivity index (χ0n) is 15.0. The molecule has 0 atom stereocenters. The largest absolute Gasteiger partial charge is 0.347 e. The van der Waals surface area contributed by atoms with Crippen LogP contribution in [0.25, 0.3) is 10.6 Å². The Labute approximate surface area is 165 Å². The van der Waals surface area contributed by atoms with Crippen molar-refractivity contribution >= 4 is 28.8 Å². The lowest BCUT2D eigenvalue weighted by atomic mass is 10.2. The maximum Gasteiger partial charge on any atom is 0.271 e. The molecule has 1 aliphatic heterocycles. The van der Waals surface area contributed by atoms with Crippen molar-refractivity contribution in [3.05, 3.63) is 71.0 Å². The summed E-state index contributed by atoms with van der Waals surface area (Å²) in [4.78, 5) is 30.2. The molecule has 0 bridgehead atoms. The molecule has 1 aliphatic rings. The summed E-state index contributed by atoms with van der Waals surface area (Å²) in [6, 6.07) is 13.9. The Bertz CT molecular complexity index is 1020. The van der Waals surface area contributed by atoms with Gasteiger partial charge in [0.25, 0.3) is 5.91 Å². The number of aromatic nitrogens is 1. The third-order valence-corrected chi connectivity index (χ3v) is 5.49. The number of rotatable bonds is 5. The van der Waals surface area contributed by atoms with Crippen molar-refractivity contribution in [2.75, 3.05) is 11.4 Å². The lowest BCUT2D eigenvalue weighted by Crippen LogP contribution is -2.24. The van der Waals surface area contributed by atoms with E-state index < -0.39 is 0 Å². The Morgan fingerprint density at radius 1 is 1.18 bits per heavy atom. The van der Waals surface area contributed by atoms with Crippen molar-refractivity contribution < 1.29 is 14.0 Å². The summed E-state index contributed by atoms with van der Waals surface area (Å²) < 4.78 is 13.9. The molecule has 2 heterocycles. The van der Waals surface area contributed by atoms with Crippen molar-refractivity contribution in [3.63, 3.8) is 0 Å². The Hall–Kier alpha value is -3.06.